The van der Waals surface area contributed by atoms with Crippen molar-refractivity contribution in [2.75, 3.05) is 19.6 Å². The van der Waals surface area contributed by atoms with Gasteiger partial charge in [-0.1, -0.05) is 50.2 Å². The van der Waals surface area contributed by atoms with E-state index in [1.54, 1.807) is 10.4 Å². The summed E-state index contributed by atoms with van der Waals surface area (Å²) in [6.45, 7) is 9.02. The average Bonchev–Trinajstić information content (AvgIpc) is 3.71. The normalized spacial score (nSPS) is 30.1. The first-order valence-electron chi connectivity index (χ1n) is 16.4. The van der Waals surface area contributed by atoms with Crippen molar-refractivity contribution in [3.63, 3.8) is 0 Å². The third-order valence-corrected chi connectivity index (χ3v) is 12.6. The van der Waals surface area contributed by atoms with Crippen LogP contribution in [0.25, 0.3) is 0 Å². The Balaban J connectivity index is 1.39. The summed E-state index contributed by atoms with van der Waals surface area (Å²) in [6, 6.07) is 12.6. The molecule has 2 aliphatic heterocycles. The highest BCUT2D eigenvalue weighted by Gasteiger charge is 2.76. The van der Waals surface area contributed by atoms with Crippen LogP contribution in [0, 0.1) is 11.8 Å². The molecule has 3 fully saturated rings. The Morgan fingerprint density at radius 2 is 1.80 bits per heavy atom. The second-order valence-corrected chi connectivity index (χ2v) is 16.2. The van der Waals surface area contributed by atoms with Gasteiger partial charge in [-0.15, -0.1) is 0 Å². The first kappa shape index (κ1) is 30.7. The summed E-state index contributed by atoms with van der Waals surface area (Å²) in [6.07, 6.45) is 4.17. The maximum absolute atomic E-state index is 14.4. The molecule has 7 rings (SSSR count). The number of benzene rings is 2. The van der Waals surface area contributed by atoms with Gasteiger partial charge in [-0.2, -0.15) is 4.31 Å². The van der Waals surface area contributed by atoms with Crippen LogP contribution in [-0.2, 0) is 41.9 Å². The van der Waals surface area contributed by atoms with Crippen molar-refractivity contribution >= 4 is 22.0 Å². The van der Waals surface area contributed by atoms with E-state index in [4.69, 9.17) is 14.2 Å². The van der Waals surface area contributed by atoms with Gasteiger partial charge in [-0.05, 0) is 74.1 Å². The summed E-state index contributed by atoms with van der Waals surface area (Å²) in [5, 5.41) is 0. The Morgan fingerprint density at radius 3 is 2.47 bits per heavy atom. The van der Waals surface area contributed by atoms with Crippen LogP contribution in [-0.4, -0.2) is 73.0 Å². The molecule has 242 valence electrons. The van der Waals surface area contributed by atoms with Crippen molar-refractivity contribution in [1.29, 1.82) is 0 Å². The Labute approximate surface area is 266 Å². The lowest BCUT2D eigenvalue weighted by atomic mass is 9.48. The van der Waals surface area contributed by atoms with Gasteiger partial charge >= 0.3 is 11.9 Å². The number of hydrogen-bond donors (Lipinski definition) is 0. The number of carbonyl (C=O) groups excluding carboxylic acids is 2. The zero-order valence-corrected chi connectivity index (χ0v) is 27.5. The average molecular weight is 637 g/mol. The molecular weight excluding hydrogens is 592 g/mol. The summed E-state index contributed by atoms with van der Waals surface area (Å²) in [5.41, 5.74) is 1.08. The zero-order chi connectivity index (χ0) is 31.7. The van der Waals surface area contributed by atoms with Gasteiger partial charge in [0.2, 0.25) is 10.0 Å². The number of hydrogen-bond acceptors (Lipinski definition) is 8. The quantitative estimate of drug-likeness (QED) is 0.276. The molecule has 5 atom stereocenters. The van der Waals surface area contributed by atoms with Gasteiger partial charge in [0.1, 0.15) is 11.7 Å². The molecule has 0 amide bonds. The zero-order valence-electron chi connectivity index (χ0n) is 26.7. The van der Waals surface area contributed by atoms with Crippen LogP contribution in [0.2, 0.25) is 0 Å². The maximum Gasteiger partial charge on any atom is 0.308 e. The largest absolute Gasteiger partial charge is 0.483 e. The third-order valence-electron chi connectivity index (χ3n) is 10.7. The van der Waals surface area contributed by atoms with Crippen molar-refractivity contribution < 1.29 is 32.2 Å². The highest BCUT2D eigenvalue weighted by atomic mass is 32.2. The first-order chi connectivity index (χ1) is 21.4. The Hall–Kier alpha value is -2.95. The smallest absolute Gasteiger partial charge is 0.308 e. The molecule has 2 heterocycles. The van der Waals surface area contributed by atoms with Crippen molar-refractivity contribution in [2.45, 2.75) is 101 Å². The van der Waals surface area contributed by atoms with E-state index >= 15 is 0 Å². The standard InChI is InChI=1S/C35H44N2O7S/c1-22(2)19-37(45(40,41)21-26-8-6-5-7-9-26)28-14-15-35(44-24(4)39)30-18-27-12-13-29(42-23(3)38)32-31(27)34(35,33(28)43-32)16-17-36(30)20-25-10-11-25/h5-9,12-13,22,25,28,30,33H,10-11,14-21H2,1-4H3/t28?,30-,33?,34+,35-/m1/s1. The summed E-state index contributed by atoms with van der Waals surface area (Å²) in [4.78, 5) is 27.8. The monoisotopic (exact) mass is 636 g/mol. The molecule has 10 heteroatoms. The molecule has 3 aliphatic carbocycles. The second-order valence-electron chi connectivity index (χ2n) is 14.2. The number of sulfonamides is 1. The Kier molecular flexibility index (Phi) is 7.56. The van der Waals surface area contributed by atoms with Crippen molar-refractivity contribution in [1.82, 2.24) is 9.21 Å². The van der Waals surface area contributed by atoms with Crippen LogP contribution in [0.1, 0.15) is 76.5 Å². The molecule has 2 aromatic carbocycles. The van der Waals surface area contributed by atoms with Gasteiger partial charge < -0.3 is 14.2 Å². The van der Waals surface area contributed by atoms with Crippen LogP contribution >= 0.6 is 0 Å². The molecule has 0 N–H and O–H groups in total. The SMILES string of the molecule is CC(=O)Oc1ccc2c3c1OC1C(N(CC(C)C)S(=O)(=O)Cc4ccccc4)CC[C@@]4(OC(C)=O)[C@@H](C2)N(CC2CC2)CC[C@]314. The molecule has 5 aliphatic rings. The fraction of sp³-hybridized carbons (Fsp3) is 0.600. The van der Waals surface area contributed by atoms with E-state index in [2.05, 4.69) is 4.90 Å². The fourth-order valence-corrected chi connectivity index (χ4v) is 11.0. The van der Waals surface area contributed by atoms with Crippen LogP contribution in [0.5, 0.6) is 11.5 Å². The van der Waals surface area contributed by atoms with Gasteiger partial charge in [-0.25, -0.2) is 8.42 Å². The number of carbonyl (C=O) groups is 2. The third kappa shape index (κ3) is 4.99. The minimum Gasteiger partial charge on any atom is -0.483 e. The van der Waals surface area contributed by atoms with Gasteiger partial charge in [0.25, 0.3) is 0 Å². The molecule has 1 saturated heterocycles. The lowest BCUT2D eigenvalue weighted by molar-refractivity contribution is -0.222. The Morgan fingerprint density at radius 1 is 1.04 bits per heavy atom. The van der Waals surface area contributed by atoms with Crippen molar-refractivity contribution in [2.24, 2.45) is 11.8 Å². The molecule has 9 nitrogen and oxygen atoms in total. The molecule has 2 saturated carbocycles. The van der Waals surface area contributed by atoms with Crippen LogP contribution in [0.4, 0.5) is 0 Å². The highest BCUT2D eigenvalue weighted by molar-refractivity contribution is 7.88. The van der Waals surface area contributed by atoms with E-state index in [0.717, 1.165) is 29.8 Å². The molecule has 0 aromatic heterocycles. The van der Waals surface area contributed by atoms with Crippen molar-refractivity contribution in [3.05, 3.63) is 59.2 Å². The summed E-state index contributed by atoms with van der Waals surface area (Å²) in [7, 11) is -3.78. The highest BCUT2D eigenvalue weighted by Crippen LogP contribution is 2.67. The van der Waals surface area contributed by atoms with Gasteiger partial charge in [0.05, 0.1) is 23.3 Å². The van der Waals surface area contributed by atoms with Crippen LogP contribution < -0.4 is 9.47 Å². The van der Waals surface area contributed by atoms with Crippen LogP contribution in [0.15, 0.2) is 42.5 Å². The Bertz CT molecular complexity index is 1610. The van der Waals surface area contributed by atoms with Crippen LogP contribution in [0.3, 0.4) is 0 Å². The lowest BCUT2D eigenvalue weighted by Crippen LogP contribution is -2.79. The number of ether oxygens (including phenoxy) is 3. The summed E-state index contributed by atoms with van der Waals surface area (Å²) < 4.78 is 49.7. The second kappa shape index (κ2) is 11.1. The van der Waals surface area contributed by atoms with Gasteiger partial charge in [-0.3, -0.25) is 14.5 Å². The number of piperidine rings is 1. The van der Waals surface area contributed by atoms with Gasteiger partial charge in [0.15, 0.2) is 11.5 Å². The van der Waals surface area contributed by atoms with Gasteiger partial charge in [0, 0.05) is 32.5 Å². The fourth-order valence-electron chi connectivity index (χ4n) is 9.09. The molecule has 0 radical (unpaired) electrons. The van der Waals surface area contributed by atoms with E-state index in [1.807, 2.05) is 50.2 Å². The maximum atomic E-state index is 14.4. The van der Waals surface area contributed by atoms with Crippen molar-refractivity contribution in [3.8, 4) is 11.5 Å². The molecule has 2 aromatic rings. The summed E-state index contributed by atoms with van der Waals surface area (Å²) >= 11 is 0. The first-order valence-corrected chi connectivity index (χ1v) is 18.0. The number of rotatable bonds is 10. The number of nitrogens with zero attached hydrogens (tertiary/aromatic N) is 2. The molecule has 2 unspecified atom stereocenters. The predicted octanol–water partition coefficient (Wildman–Crippen LogP) is 4.60. The molecule has 1 spiro atoms. The topological polar surface area (TPSA) is 102 Å². The molecule has 45 heavy (non-hydrogen) atoms. The van der Waals surface area contributed by atoms with E-state index in [-0.39, 0.29) is 23.7 Å². The van der Waals surface area contributed by atoms with E-state index in [9.17, 15) is 18.0 Å². The van der Waals surface area contributed by atoms with E-state index in [1.165, 1.54) is 26.7 Å². The molecular formula is C35H44N2O7S. The minimum atomic E-state index is -3.78. The van der Waals surface area contributed by atoms with E-state index in [0.29, 0.717) is 49.6 Å². The molecule has 2 bridgehead atoms. The lowest BCUT2D eigenvalue weighted by Gasteiger charge is -2.65. The number of esters is 2. The predicted molar refractivity (Wildman–Crippen MR) is 168 cm³/mol. The summed E-state index contributed by atoms with van der Waals surface area (Å²) in [5.74, 6) is 0.660. The van der Waals surface area contributed by atoms with E-state index < -0.39 is 39.2 Å². The number of likely N-dealkylation sites (tertiary alicyclic amines) is 1. The minimum absolute atomic E-state index is 0.0553.